The van der Waals surface area contributed by atoms with E-state index in [1.165, 1.54) is 12.1 Å². The molecule has 0 radical (unpaired) electrons. The highest BCUT2D eigenvalue weighted by atomic mass is 19.4. The number of nitrogens with one attached hydrogen (secondary N) is 2. The molecule has 0 saturated carbocycles. The Kier molecular flexibility index (Phi) is 6.20. The van der Waals surface area contributed by atoms with Gasteiger partial charge in [-0.25, -0.2) is 0 Å². The first-order chi connectivity index (χ1) is 15.8. The fourth-order valence-corrected chi connectivity index (χ4v) is 4.01. The molecule has 5 nitrogen and oxygen atoms in total. The second-order valence-corrected chi connectivity index (χ2v) is 7.76. The molecule has 3 N–H and O–H groups in total. The van der Waals surface area contributed by atoms with Gasteiger partial charge in [-0.05, 0) is 39.9 Å². The summed E-state index contributed by atoms with van der Waals surface area (Å²) in [5.41, 5.74) is 3.20. The summed E-state index contributed by atoms with van der Waals surface area (Å²) in [6.07, 6.45) is -4.44. The molecule has 1 aliphatic rings. The Morgan fingerprint density at radius 2 is 1.42 bits per heavy atom. The minimum absolute atomic E-state index is 0.0432. The molecule has 0 saturated heterocycles. The van der Waals surface area contributed by atoms with E-state index < -0.39 is 42.1 Å². The van der Waals surface area contributed by atoms with Gasteiger partial charge in [0.2, 0.25) is 11.8 Å². The van der Waals surface area contributed by atoms with Crippen molar-refractivity contribution in [3.05, 3.63) is 95.1 Å². The Bertz CT molecular complexity index is 1130. The van der Waals surface area contributed by atoms with Crippen LogP contribution in [-0.2, 0) is 22.3 Å². The molecular formula is C25H21F3N2O3. The van der Waals surface area contributed by atoms with E-state index in [-0.39, 0.29) is 6.54 Å². The van der Waals surface area contributed by atoms with Crippen molar-refractivity contribution in [1.29, 1.82) is 0 Å². The molecule has 3 aromatic carbocycles. The van der Waals surface area contributed by atoms with E-state index in [4.69, 9.17) is 0 Å². The van der Waals surface area contributed by atoms with Crippen LogP contribution in [0.25, 0.3) is 11.1 Å². The first-order valence-corrected chi connectivity index (χ1v) is 10.3. The number of fused-ring (bicyclic) bond motifs is 3. The summed E-state index contributed by atoms with van der Waals surface area (Å²) in [5.74, 6) is -1.67. The SMILES string of the molecule is O=C(N[C@@H](CO)C(=O)NCc1ccc(C(F)(F)F)cc1)C1c2ccccc2-c2ccccc21. The summed E-state index contributed by atoms with van der Waals surface area (Å²) >= 11 is 0. The molecule has 170 valence electrons. The highest BCUT2D eigenvalue weighted by Crippen LogP contribution is 2.44. The van der Waals surface area contributed by atoms with Crippen LogP contribution in [0.5, 0.6) is 0 Å². The van der Waals surface area contributed by atoms with Crippen molar-refractivity contribution < 1.29 is 27.9 Å². The Hall–Kier alpha value is -3.65. The van der Waals surface area contributed by atoms with Gasteiger partial charge in [0, 0.05) is 6.54 Å². The number of hydrogen-bond acceptors (Lipinski definition) is 3. The van der Waals surface area contributed by atoms with Gasteiger partial charge in [0.1, 0.15) is 6.04 Å². The molecule has 4 rings (SSSR count). The van der Waals surface area contributed by atoms with Crippen LogP contribution in [0.1, 0.15) is 28.2 Å². The summed E-state index contributed by atoms with van der Waals surface area (Å²) in [5, 5.41) is 14.9. The van der Waals surface area contributed by atoms with Crippen LogP contribution in [0.15, 0.2) is 72.8 Å². The lowest BCUT2D eigenvalue weighted by Crippen LogP contribution is -2.49. The van der Waals surface area contributed by atoms with Gasteiger partial charge >= 0.3 is 6.18 Å². The van der Waals surface area contributed by atoms with E-state index in [1.807, 2.05) is 48.5 Å². The third-order valence-corrected chi connectivity index (χ3v) is 5.66. The smallest absolute Gasteiger partial charge is 0.394 e. The standard InChI is InChI=1S/C25H21F3N2O3/c26-25(27,28)16-11-9-15(10-12-16)13-29-23(32)21(14-31)30-24(33)22-19-7-3-1-5-17(19)18-6-2-4-8-20(18)22/h1-12,21-22,31H,13-14H2,(H,29,32)(H,30,33)/t21-/m0/s1. The third-order valence-electron chi connectivity index (χ3n) is 5.66. The zero-order valence-electron chi connectivity index (χ0n) is 17.4. The number of benzene rings is 3. The van der Waals surface area contributed by atoms with E-state index in [0.29, 0.717) is 5.56 Å². The lowest BCUT2D eigenvalue weighted by molar-refractivity contribution is -0.137. The summed E-state index contributed by atoms with van der Waals surface area (Å²) in [6.45, 7) is -0.668. The monoisotopic (exact) mass is 454 g/mol. The number of rotatable bonds is 6. The molecule has 3 aromatic rings. The normalized spacial score (nSPS) is 13.7. The summed E-state index contributed by atoms with van der Waals surface area (Å²) in [7, 11) is 0. The zero-order valence-corrected chi connectivity index (χ0v) is 17.4. The maximum atomic E-state index is 13.1. The fourth-order valence-electron chi connectivity index (χ4n) is 4.01. The van der Waals surface area contributed by atoms with Crippen molar-refractivity contribution in [1.82, 2.24) is 10.6 Å². The molecule has 0 fully saturated rings. The van der Waals surface area contributed by atoms with Crippen LogP contribution in [0.4, 0.5) is 13.2 Å². The van der Waals surface area contributed by atoms with Gasteiger partial charge in [-0.3, -0.25) is 9.59 Å². The molecule has 1 aliphatic carbocycles. The Balaban J connectivity index is 1.43. The van der Waals surface area contributed by atoms with Crippen LogP contribution in [0, 0.1) is 0 Å². The number of halogens is 3. The van der Waals surface area contributed by atoms with Gasteiger partial charge in [-0.1, -0.05) is 60.7 Å². The van der Waals surface area contributed by atoms with Crippen molar-refractivity contribution in [3.63, 3.8) is 0 Å². The van der Waals surface area contributed by atoms with Crippen molar-refractivity contribution in [2.75, 3.05) is 6.61 Å². The second-order valence-electron chi connectivity index (χ2n) is 7.76. The molecule has 0 aromatic heterocycles. The molecule has 0 aliphatic heterocycles. The number of alkyl halides is 3. The predicted molar refractivity (Wildman–Crippen MR) is 116 cm³/mol. The molecule has 33 heavy (non-hydrogen) atoms. The van der Waals surface area contributed by atoms with E-state index in [9.17, 15) is 27.9 Å². The largest absolute Gasteiger partial charge is 0.416 e. The molecule has 0 bridgehead atoms. The molecule has 0 spiro atoms. The number of carbonyl (C=O) groups is 2. The Morgan fingerprint density at radius 3 is 1.94 bits per heavy atom. The van der Waals surface area contributed by atoms with Crippen molar-refractivity contribution in [2.24, 2.45) is 0 Å². The third kappa shape index (κ3) is 4.61. The predicted octanol–water partition coefficient (Wildman–Crippen LogP) is 3.61. The van der Waals surface area contributed by atoms with Crippen molar-refractivity contribution in [2.45, 2.75) is 24.7 Å². The van der Waals surface area contributed by atoms with Crippen LogP contribution in [0.3, 0.4) is 0 Å². The van der Waals surface area contributed by atoms with E-state index in [1.54, 1.807) is 0 Å². The van der Waals surface area contributed by atoms with E-state index >= 15 is 0 Å². The highest BCUT2D eigenvalue weighted by Gasteiger charge is 2.35. The van der Waals surface area contributed by atoms with Crippen LogP contribution in [-0.4, -0.2) is 29.6 Å². The highest BCUT2D eigenvalue weighted by molar-refractivity contribution is 5.98. The maximum Gasteiger partial charge on any atom is 0.416 e. The van der Waals surface area contributed by atoms with Crippen LogP contribution < -0.4 is 10.6 Å². The second kappa shape index (κ2) is 9.07. The van der Waals surface area contributed by atoms with Gasteiger partial charge < -0.3 is 15.7 Å². The van der Waals surface area contributed by atoms with Gasteiger partial charge in [0.05, 0.1) is 18.1 Å². The first-order valence-electron chi connectivity index (χ1n) is 10.3. The number of amides is 2. The van der Waals surface area contributed by atoms with E-state index in [0.717, 1.165) is 34.4 Å². The minimum atomic E-state index is -4.44. The van der Waals surface area contributed by atoms with Gasteiger partial charge in [-0.2, -0.15) is 13.2 Å². The average Bonchev–Trinajstić information content (AvgIpc) is 3.15. The topological polar surface area (TPSA) is 78.4 Å². The zero-order chi connectivity index (χ0) is 23.6. The fraction of sp³-hybridized carbons (Fsp3) is 0.200. The quantitative estimate of drug-likeness (QED) is 0.533. The van der Waals surface area contributed by atoms with Crippen molar-refractivity contribution in [3.8, 4) is 11.1 Å². The number of hydrogen-bond donors (Lipinski definition) is 3. The maximum absolute atomic E-state index is 13.1. The van der Waals surface area contributed by atoms with Gasteiger partial charge in [0.15, 0.2) is 0 Å². The van der Waals surface area contributed by atoms with Crippen molar-refractivity contribution >= 4 is 11.8 Å². The van der Waals surface area contributed by atoms with Crippen LogP contribution in [0.2, 0.25) is 0 Å². The lowest BCUT2D eigenvalue weighted by Gasteiger charge is -2.20. The molecule has 2 amide bonds. The first kappa shape index (κ1) is 22.5. The Morgan fingerprint density at radius 1 is 0.879 bits per heavy atom. The Labute approximate surface area is 188 Å². The molecule has 0 unspecified atom stereocenters. The molecule has 0 heterocycles. The molecular weight excluding hydrogens is 433 g/mol. The summed E-state index contributed by atoms with van der Waals surface area (Å²) < 4.78 is 38.0. The summed E-state index contributed by atoms with van der Waals surface area (Å²) in [4.78, 5) is 25.7. The number of carbonyl (C=O) groups excluding carboxylic acids is 2. The van der Waals surface area contributed by atoms with Gasteiger partial charge in [0.25, 0.3) is 0 Å². The lowest BCUT2D eigenvalue weighted by atomic mass is 9.95. The van der Waals surface area contributed by atoms with E-state index in [2.05, 4.69) is 10.6 Å². The number of aliphatic hydroxyl groups excluding tert-OH is 1. The van der Waals surface area contributed by atoms with Crippen LogP contribution >= 0.6 is 0 Å². The summed E-state index contributed by atoms with van der Waals surface area (Å²) in [6, 6.07) is 18.2. The minimum Gasteiger partial charge on any atom is -0.394 e. The molecule has 1 atom stereocenters. The average molecular weight is 454 g/mol. The molecule has 8 heteroatoms. The number of aliphatic hydroxyl groups is 1. The van der Waals surface area contributed by atoms with Gasteiger partial charge in [-0.15, -0.1) is 0 Å².